The Balaban J connectivity index is 1.33. The number of rotatable bonds is 5. The van der Waals surface area contributed by atoms with Gasteiger partial charge in [-0.3, -0.25) is 20.4 Å². The summed E-state index contributed by atoms with van der Waals surface area (Å²) in [6, 6.07) is 9.25. The zero-order valence-electron chi connectivity index (χ0n) is 20.2. The van der Waals surface area contributed by atoms with Crippen LogP contribution in [-0.4, -0.2) is 47.8 Å². The lowest BCUT2D eigenvalue weighted by atomic mass is 10.0. The Labute approximate surface area is 224 Å². The van der Waals surface area contributed by atoms with E-state index < -0.39 is 5.82 Å². The first-order valence-electron chi connectivity index (χ1n) is 12.2. The number of hydrazine groups is 1. The third-order valence-electron chi connectivity index (χ3n) is 6.82. The number of hydrogen-bond donors (Lipinski definition) is 4. The van der Waals surface area contributed by atoms with Gasteiger partial charge in [-0.25, -0.2) is 4.39 Å². The largest absolute Gasteiger partial charge is 0.367 e. The third kappa shape index (κ3) is 5.06. The molecule has 194 valence electrons. The van der Waals surface area contributed by atoms with Gasteiger partial charge in [0.15, 0.2) is 0 Å². The lowest BCUT2D eigenvalue weighted by molar-refractivity contribution is -0.113. The number of anilines is 1. The second-order valence-corrected chi connectivity index (χ2v) is 9.94. The number of nitrogens with one attached hydrogen (secondary N) is 4. The summed E-state index contributed by atoms with van der Waals surface area (Å²) in [5.41, 5.74) is 8.59. The zero-order chi connectivity index (χ0) is 26.1. The van der Waals surface area contributed by atoms with E-state index in [0.29, 0.717) is 46.4 Å². The molecule has 8 nitrogen and oxygen atoms in total. The molecule has 0 aliphatic carbocycles. The molecule has 0 saturated carbocycles. The number of allylic oxidation sites excluding steroid dienone is 1. The molecule has 0 bridgehead atoms. The number of carbonyl (C=O) groups excluding carboxylic acids is 2. The summed E-state index contributed by atoms with van der Waals surface area (Å²) in [6.07, 6.45) is 3.78. The van der Waals surface area contributed by atoms with Crippen molar-refractivity contribution < 1.29 is 14.0 Å². The van der Waals surface area contributed by atoms with Gasteiger partial charge in [0.25, 0.3) is 11.8 Å². The molecule has 0 aromatic heterocycles. The highest BCUT2D eigenvalue weighted by Crippen LogP contribution is 2.38. The molecule has 3 aliphatic rings. The first kappa shape index (κ1) is 25.2. The number of hydrogen-bond acceptors (Lipinski definition) is 6. The van der Waals surface area contributed by atoms with Crippen LogP contribution in [0, 0.1) is 5.82 Å². The highest BCUT2D eigenvalue weighted by atomic mass is 35.5. The van der Waals surface area contributed by atoms with E-state index in [1.807, 2.05) is 16.7 Å². The van der Waals surface area contributed by atoms with Gasteiger partial charge in [0, 0.05) is 48.0 Å². The van der Waals surface area contributed by atoms with Gasteiger partial charge in [-0.1, -0.05) is 23.2 Å². The summed E-state index contributed by atoms with van der Waals surface area (Å²) in [7, 11) is 0. The topological polar surface area (TPSA) is 88.7 Å². The average molecular weight is 545 g/mol. The Morgan fingerprint density at radius 2 is 1.76 bits per heavy atom. The molecule has 2 aromatic carbocycles. The number of likely N-dealkylation sites (tertiary alicyclic amines) is 1. The first-order valence-corrected chi connectivity index (χ1v) is 12.9. The minimum absolute atomic E-state index is 0.00760. The van der Waals surface area contributed by atoms with Crippen LogP contribution in [0.2, 0.25) is 10.0 Å². The molecule has 4 N–H and O–H groups in total. The van der Waals surface area contributed by atoms with Gasteiger partial charge in [0.1, 0.15) is 17.3 Å². The van der Waals surface area contributed by atoms with Gasteiger partial charge in [0.05, 0.1) is 16.8 Å². The van der Waals surface area contributed by atoms with Crippen molar-refractivity contribution >= 4 is 40.7 Å². The minimum atomic E-state index is -0.538. The molecule has 0 spiro atoms. The maximum atomic E-state index is 14.2. The molecule has 3 aliphatic heterocycles. The average Bonchev–Trinajstić information content (AvgIpc) is 3.45. The van der Waals surface area contributed by atoms with E-state index in [2.05, 4.69) is 21.5 Å². The lowest BCUT2D eigenvalue weighted by Crippen LogP contribution is -2.51. The van der Waals surface area contributed by atoms with Crippen molar-refractivity contribution in [3.63, 3.8) is 0 Å². The lowest BCUT2D eigenvalue weighted by Gasteiger charge is -2.40. The molecule has 1 unspecified atom stereocenters. The van der Waals surface area contributed by atoms with Crippen LogP contribution in [0.15, 0.2) is 59.7 Å². The highest BCUT2D eigenvalue weighted by Gasteiger charge is 2.30. The molecule has 2 amide bonds. The Hall–Kier alpha value is -3.43. The van der Waals surface area contributed by atoms with E-state index in [1.165, 1.54) is 12.1 Å². The van der Waals surface area contributed by atoms with Crippen LogP contribution in [-0.2, 0) is 4.79 Å². The summed E-state index contributed by atoms with van der Waals surface area (Å²) in [5.74, 6) is -0.210. The second kappa shape index (κ2) is 10.5. The summed E-state index contributed by atoms with van der Waals surface area (Å²) in [4.78, 5) is 29.5. The molecule has 11 heteroatoms. The predicted molar refractivity (Wildman–Crippen MR) is 141 cm³/mol. The predicted octanol–water partition coefficient (Wildman–Crippen LogP) is 4.13. The smallest absolute Gasteiger partial charge is 0.273 e. The molecule has 1 atom stereocenters. The van der Waals surface area contributed by atoms with Crippen molar-refractivity contribution in [2.24, 2.45) is 0 Å². The van der Waals surface area contributed by atoms with Crippen LogP contribution in [0.25, 0.3) is 0 Å². The van der Waals surface area contributed by atoms with E-state index >= 15 is 0 Å². The van der Waals surface area contributed by atoms with Crippen LogP contribution in [0.3, 0.4) is 0 Å². The van der Waals surface area contributed by atoms with Gasteiger partial charge in [-0.2, -0.15) is 0 Å². The number of amides is 2. The fraction of sp³-hybridized carbons (Fsp3) is 0.308. The van der Waals surface area contributed by atoms with E-state index in [-0.39, 0.29) is 28.6 Å². The normalized spacial score (nSPS) is 17.8. The SMILES string of the molecule is CC(c1c(Cl)ccc(F)c1Cl)N1CCNC2=C1C=C(C(=O)Nc1ccc(C(=O)N3CCCC3)cc1)NN2. The molecule has 1 saturated heterocycles. The number of halogens is 3. The summed E-state index contributed by atoms with van der Waals surface area (Å²) < 4.78 is 14.2. The van der Waals surface area contributed by atoms with Crippen molar-refractivity contribution in [3.8, 4) is 0 Å². The maximum absolute atomic E-state index is 14.2. The molecule has 2 aromatic rings. The van der Waals surface area contributed by atoms with Gasteiger partial charge in [-0.05, 0) is 62.2 Å². The van der Waals surface area contributed by atoms with Crippen LogP contribution in [0.4, 0.5) is 10.1 Å². The Bertz CT molecular complexity index is 1290. The van der Waals surface area contributed by atoms with Crippen LogP contribution < -0.4 is 21.5 Å². The van der Waals surface area contributed by atoms with Crippen molar-refractivity contribution in [1.29, 1.82) is 0 Å². The van der Waals surface area contributed by atoms with Crippen LogP contribution in [0.5, 0.6) is 0 Å². The molecule has 3 heterocycles. The monoisotopic (exact) mass is 544 g/mol. The quantitative estimate of drug-likeness (QED) is 0.423. The number of nitrogens with zero attached hydrogens (tertiary/aromatic N) is 2. The van der Waals surface area contributed by atoms with Crippen LogP contribution in [0.1, 0.15) is 41.7 Å². The van der Waals surface area contributed by atoms with E-state index in [1.54, 1.807) is 30.3 Å². The summed E-state index contributed by atoms with van der Waals surface area (Å²) in [5, 5.41) is 6.47. The zero-order valence-corrected chi connectivity index (χ0v) is 21.7. The molecule has 37 heavy (non-hydrogen) atoms. The van der Waals surface area contributed by atoms with E-state index in [9.17, 15) is 14.0 Å². The highest BCUT2D eigenvalue weighted by molar-refractivity contribution is 6.36. The number of benzene rings is 2. The first-order chi connectivity index (χ1) is 17.8. The van der Waals surface area contributed by atoms with Gasteiger partial charge in [0.2, 0.25) is 0 Å². The van der Waals surface area contributed by atoms with Crippen molar-refractivity contribution in [2.75, 3.05) is 31.5 Å². The Morgan fingerprint density at radius 3 is 2.49 bits per heavy atom. The number of carbonyl (C=O) groups is 2. The molecular formula is C26H27Cl2FN6O2. The molecule has 5 rings (SSSR count). The summed E-state index contributed by atoms with van der Waals surface area (Å²) >= 11 is 12.7. The fourth-order valence-electron chi connectivity index (χ4n) is 4.83. The van der Waals surface area contributed by atoms with Crippen molar-refractivity contribution in [1.82, 2.24) is 26.0 Å². The van der Waals surface area contributed by atoms with Gasteiger partial charge in [-0.15, -0.1) is 0 Å². The summed E-state index contributed by atoms with van der Waals surface area (Å²) in [6.45, 7) is 4.67. The second-order valence-electron chi connectivity index (χ2n) is 9.15. The maximum Gasteiger partial charge on any atom is 0.273 e. The van der Waals surface area contributed by atoms with E-state index in [4.69, 9.17) is 23.2 Å². The van der Waals surface area contributed by atoms with Gasteiger partial charge >= 0.3 is 0 Å². The fourth-order valence-corrected chi connectivity index (χ4v) is 5.51. The Morgan fingerprint density at radius 1 is 1.03 bits per heavy atom. The standard InChI is InChI=1S/C26H27Cl2FN6O2/c1-15(22-18(27)8-9-19(29)23(22)28)35-13-10-30-24-21(35)14-20(32-33-24)25(36)31-17-6-4-16(5-7-17)26(37)34-11-2-3-12-34/h4-9,14-15,30,32-33H,2-3,10-13H2,1H3,(H,31,36). The van der Waals surface area contributed by atoms with Crippen molar-refractivity contribution in [3.05, 3.63) is 86.7 Å². The minimum Gasteiger partial charge on any atom is -0.367 e. The molecule has 1 fully saturated rings. The molecular weight excluding hydrogens is 518 g/mol. The molecule has 0 radical (unpaired) electrons. The third-order valence-corrected chi connectivity index (χ3v) is 7.53. The van der Waals surface area contributed by atoms with E-state index in [0.717, 1.165) is 25.9 Å². The van der Waals surface area contributed by atoms with Crippen molar-refractivity contribution in [2.45, 2.75) is 25.8 Å². The van der Waals surface area contributed by atoms with Gasteiger partial charge < -0.3 is 20.4 Å². The Kier molecular flexibility index (Phi) is 7.17. The van der Waals surface area contributed by atoms with Crippen LogP contribution >= 0.6 is 23.2 Å².